The van der Waals surface area contributed by atoms with Crippen LogP contribution >= 0.6 is 38.5 Å². The number of carbonyl (C=O) groups excluding carboxylic acids is 2. The van der Waals surface area contributed by atoms with E-state index in [-0.39, 0.29) is 23.8 Å². The van der Waals surface area contributed by atoms with Crippen LogP contribution in [0.1, 0.15) is 11.1 Å². The van der Waals surface area contributed by atoms with E-state index in [4.69, 9.17) is 0 Å². The third kappa shape index (κ3) is 7.96. The van der Waals surface area contributed by atoms with E-state index in [0.717, 1.165) is 23.5 Å². The molecule has 0 aliphatic carbocycles. The first kappa shape index (κ1) is 30.7. The van der Waals surface area contributed by atoms with Crippen molar-refractivity contribution in [2.45, 2.75) is 23.9 Å². The van der Waals surface area contributed by atoms with Crippen LogP contribution in [0.25, 0.3) is 0 Å². The van der Waals surface area contributed by atoms with Gasteiger partial charge in [0.15, 0.2) is 0 Å². The van der Waals surface area contributed by atoms with Crippen molar-refractivity contribution in [2.24, 2.45) is 0 Å². The molecule has 0 saturated carbocycles. The molecule has 4 aromatic carbocycles. The average Bonchev–Trinajstić information content (AvgIpc) is 2.99. The fourth-order valence-corrected chi connectivity index (χ4v) is 6.42. The van der Waals surface area contributed by atoms with Crippen molar-refractivity contribution < 1.29 is 18.0 Å². The van der Waals surface area contributed by atoms with Crippen molar-refractivity contribution in [2.75, 3.05) is 17.9 Å². The number of nitrogens with one attached hydrogen (secondary N) is 1. The third-order valence-electron chi connectivity index (χ3n) is 6.51. The number of nitrogens with zero attached hydrogens (tertiary/aromatic N) is 2. The maximum atomic E-state index is 14.2. The summed E-state index contributed by atoms with van der Waals surface area (Å²) in [6.45, 7) is -0.375. The second kappa shape index (κ2) is 14.1. The zero-order chi connectivity index (χ0) is 29.4. The molecule has 0 fully saturated rings. The van der Waals surface area contributed by atoms with E-state index in [0.29, 0.717) is 5.69 Å². The minimum absolute atomic E-state index is 0.0675. The lowest BCUT2D eigenvalue weighted by Gasteiger charge is -2.33. The quantitative estimate of drug-likeness (QED) is 0.202. The Kier molecular flexibility index (Phi) is 10.6. The fourth-order valence-electron chi connectivity index (χ4n) is 4.36. The molecule has 1 N–H and O–H groups in total. The topological polar surface area (TPSA) is 86.8 Å². The lowest BCUT2D eigenvalue weighted by molar-refractivity contribution is -0.139. The molecule has 4 aromatic rings. The first-order valence-electron chi connectivity index (χ1n) is 12.8. The molecule has 0 unspecified atom stereocenters. The van der Waals surface area contributed by atoms with Crippen LogP contribution in [0.15, 0.2) is 119 Å². The zero-order valence-corrected chi connectivity index (χ0v) is 26.8. The summed E-state index contributed by atoms with van der Waals surface area (Å²) in [7, 11) is -2.58. The minimum Gasteiger partial charge on any atom is -0.357 e. The second-order valence-corrected chi connectivity index (χ2v) is 13.3. The molecule has 1 atom stereocenters. The van der Waals surface area contributed by atoms with Gasteiger partial charge in [0.05, 0.1) is 10.6 Å². The fraction of sp³-hybridized carbons (Fsp3) is 0.161. The van der Waals surface area contributed by atoms with Gasteiger partial charge in [-0.3, -0.25) is 13.9 Å². The Labute approximate surface area is 262 Å². The number of halogens is 2. The van der Waals surface area contributed by atoms with Crippen LogP contribution in [0, 0.1) is 3.57 Å². The lowest BCUT2D eigenvalue weighted by atomic mass is 10.0. The van der Waals surface area contributed by atoms with Gasteiger partial charge in [0.1, 0.15) is 12.6 Å². The number of rotatable bonds is 11. The molecule has 212 valence electrons. The van der Waals surface area contributed by atoms with E-state index in [1.54, 1.807) is 42.5 Å². The minimum atomic E-state index is -4.11. The summed E-state index contributed by atoms with van der Waals surface area (Å²) in [5, 5.41) is 2.69. The predicted octanol–water partition coefficient (Wildman–Crippen LogP) is 5.64. The molecule has 0 aliphatic rings. The SMILES string of the molecule is CNC(=O)[C@@H](Cc1ccccc1)N(Cc1ccc(Br)cc1)C(=O)CN(c1ccc(I)cc1)S(=O)(=O)c1ccccc1. The van der Waals surface area contributed by atoms with Crippen molar-refractivity contribution in [3.8, 4) is 0 Å². The largest absolute Gasteiger partial charge is 0.357 e. The second-order valence-electron chi connectivity index (χ2n) is 9.27. The third-order valence-corrected chi connectivity index (χ3v) is 9.54. The zero-order valence-electron chi connectivity index (χ0n) is 22.3. The lowest BCUT2D eigenvalue weighted by Crippen LogP contribution is -2.53. The molecule has 41 heavy (non-hydrogen) atoms. The van der Waals surface area contributed by atoms with Gasteiger partial charge in [-0.15, -0.1) is 0 Å². The van der Waals surface area contributed by atoms with Crippen molar-refractivity contribution in [1.82, 2.24) is 10.2 Å². The maximum absolute atomic E-state index is 14.2. The summed E-state index contributed by atoms with van der Waals surface area (Å²) >= 11 is 5.58. The summed E-state index contributed by atoms with van der Waals surface area (Å²) in [4.78, 5) is 29.0. The highest BCUT2D eigenvalue weighted by Gasteiger charge is 2.34. The van der Waals surface area contributed by atoms with Gasteiger partial charge in [0, 0.05) is 28.1 Å². The molecule has 0 saturated heterocycles. The molecule has 0 bridgehead atoms. The predicted molar refractivity (Wildman–Crippen MR) is 173 cm³/mol. The van der Waals surface area contributed by atoms with Gasteiger partial charge >= 0.3 is 0 Å². The summed E-state index contributed by atoms with van der Waals surface area (Å²) in [5.74, 6) is -0.846. The van der Waals surface area contributed by atoms with E-state index in [1.807, 2.05) is 54.6 Å². The van der Waals surface area contributed by atoms with Gasteiger partial charge in [-0.05, 0) is 82.2 Å². The van der Waals surface area contributed by atoms with Crippen molar-refractivity contribution in [3.63, 3.8) is 0 Å². The first-order chi connectivity index (χ1) is 19.7. The highest BCUT2D eigenvalue weighted by Crippen LogP contribution is 2.26. The van der Waals surface area contributed by atoms with E-state index < -0.39 is 28.5 Å². The number of amides is 2. The molecule has 0 heterocycles. The maximum Gasteiger partial charge on any atom is 0.264 e. The highest BCUT2D eigenvalue weighted by molar-refractivity contribution is 14.1. The summed E-state index contributed by atoms with van der Waals surface area (Å²) in [6.07, 6.45) is 0.262. The van der Waals surface area contributed by atoms with Gasteiger partial charge in [0.2, 0.25) is 11.8 Å². The Morgan fingerprint density at radius 3 is 2.00 bits per heavy atom. The summed E-state index contributed by atoms with van der Waals surface area (Å²) in [5.41, 5.74) is 2.03. The number of carbonyl (C=O) groups is 2. The van der Waals surface area contributed by atoms with Crippen LogP contribution < -0.4 is 9.62 Å². The van der Waals surface area contributed by atoms with Crippen molar-refractivity contribution in [3.05, 3.63) is 128 Å². The molecule has 0 radical (unpaired) electrons. The van der Waals surface area contributed by atoms with Gasteiger partial charge in [-0.2, -0.15) is 0 Å². The van der Waals surface area contributed by atoms with Crippen LogP contribution in [0.3, 0.4) is 0 Å². The first-order valence-corrected chi connectivity index (χ1v) is 16.1. The smallest absolute Gasteiger partial charge is 0.264 e. The van der Waals surface area contributed by atoms with Crippen LogP contribution in [0.2, 0.25) is 0 Å². The van der Waals surface area contributed by atoms with Crippen LogP contribution in [0.5, 0.6) is 0 Å². The Bertz CT molecular complexity index is 1570. The Hall–Kier alpha value is -3.22. The highest BCUT2D eigenvalue weighted by atomic mass is 127. The van der Waals surface area contributed by atoms with Crippen LogP contribution in [0.4, 0.5) is 5.69 Å². The van der Waals surface area contributed by atoms with Crippen LogP contribution in [-0.2, 0) is 32.6 Å². The monoisotopic (exact) mass is 745 g/mol. The van der Waals surface area contributed by atoms with Gasteiger partial charge in [-0.25, -0.2) is 8.42 Å². The average molecular weight is 746 g/mol. The normalized spacial score (nSPS) is 11.9. The Morgan fingerprint density at radius 2 is 1.41 bits per heavy atom. The summed E-state index contributed by atoms with van der Waals surface area (Å²) in [6, 6.07) is 31.0. The number of sulfonamides is 1. The molecule has 4 rings (SSSR count). The van der Waals surface area contributed by atoms with Gasteiger partial charge in [0.25, 0.3) is 10.0 Å². The summed E-state index contributed by atoms with van der Waals surface area (Å²) < 4.78 is 30.7. The molecule has 10 heteroatoms. The van der Waals surface area contributed by atoms with E-state index in [1.165, 1.54) is 24.1 Å². The number of likely N-dealkylation sites (N-methyl/N-ethyl adjacent to an activating group) is 1. The number of hydrogen-bond donors (Lipinski definition) is 1. The van der Waals surface area contributed by atoms with E-state index >= 15 is 0 Å². The number of benzene rings is 4. The molecule has 0 aliphatic heterocycles. The van der Waals surface area contributed by atoms with Gasteiger partial charge in [-0.1, -0.05) is 76.6 Å². The van der Waals surface area contributed by atoms with Crippen LogP contribution in [-0.4, -0.2) is 44.8 Å². The molecule has 2 amide bonds. The Balaban J connectivity index is 1.77. The number of anilines is 1. The molecule has 7 nitrogen and oxygen atoms in total. The molecule has 0 aromatic heterocycles. The molecule has 0 spiro atoms. The standard InChI is InChI=1S/C31H29BrIN3O4S/c1-34-31(38)29(20-23-8-4-2-5-9-23)35(21-24-12-14-25(32)15-13-24)30(37)22-36(27-18-16-26(33)17-19-27)41(39,40)28-10-6-3-7-11-28/h2-19,29H,20-22H2,1H3,(H,34,38)/t29-/m1/s1. The molecular weight excluding hydrogens is 717 g/mol. The van der Waals surface area contributed by atoms with Crippen molar-refractivity contribution in [1.29, 1.82) is 0 Å². The van der Waals surface area contributed by atoms with Gasteiger partial charge < -0.3 is 10.2 Å². The van der Waals surface area contributed by atoms with E-state index in [2.05, 4.69) is 43.8 Å². The number of hydrogen-bond acceptors (Lipinski definition) is 4. The molecular formula is C31H29BrIN3O4S. The van der Waals surface area contributed by atoms with Crippen molar-refractivity contribution >= 4 is 66.0 Å². The van der Waals surface area contributed by atoms with E-state index in [9.17, 15) is 18.0 Å². The Morgan fingerprint density at radius 1 is 0.829 bits per heavy atom.